The number of halogens is 1. The van der Waals surface area contributed by atoms with Crippen LogP contribution in [0.15, 0.2) is 18.2 Å². The van der Waals surface area contributed by atoms with Crippen LogP contribution in [0, 0.1) is 5.41 Å². The second kappa shape index (κ2) is 5.59. The van der Waals surface area contributed by atoms with Crippen molar-refractivity contribution < 1.29 is 4.74 Å². The van der Waals surface area contributed by atoms with Gasteiger partial charge in [-0.2, -0.15) is 0 Å². The molecular formula is C13H18ClN3O. The van der Waals surface area contributed by atoms with Gasteiger partial charge in [-0.25, -0.2) is 0 Å². The van der Waals surface area contributed by atoms with Gasteiger partial charge in [0.25, 0.3) is 0 Å². The lowest BCUT2D eigenvalue weighted by Crippen LogP contribution is -2.37. The molecule has 2 rings (SSSR count). The first-order valence-electron chi connectivity index (χ1n) is 6.04. The number of nitrogens with one attached hydrogen (secondary N) is 1. The molecule has 1 saturated heterocycles. The standard InChI is InChI=1S/C13H18ClN3O/c1-17(10-4-6-18-7-5-10)12-3-2-9(14)8-11(12)13(15)16/h2-3,8,10H,4-7H2,1H3,(H3,15,16). The van der Waals surface area contributed by atoms with Gasteiger partial charge < -0.3 is 15.4 Å². The van der Waals surface area contributed by atoms with E-state index in [1.54, 1.807) is 6.07 Å². The summed E-state index contributed by atoms with van der Waals surface area (Å²) in [5, 5.41) is 8.25. The molecule has 5 heteroatoms. The predicted molar refractivity (Wildman–Crippen MR) is 74.7 cm³/mol. The predicted octanol–water partition coefficient (Wildman–Crippen LogP) is 2.24. The lowest BCUT2D eigenvalue weighted by Gasteiger charge is -2.34. The summed E-state index contributed by atoms with van der Waals surface area (Å²) < 4.78 is 5.37. The summed E-state index contributed by atoms with van der Waals surface area (Å²) in [6, 6.07) is 5.93. The monoisotopic (exact) mass is 267 g/mol. The van der Waals surface area contributed by atoms with E-state index in [0.717, 1.165) is 31.7 Å². The Balaban J connectivity index is 2.28. The average Bonchev–Trinajstić information content (AvgIpc) is 2.39. The minimum absolute atomic E-state index is 0.0476. The number of hydrogen-bond acceptors (Lipinski definition) is 3. The lowest BCUT2D eigenvalue weighted by molar-refractivity contribution is 0.0855. The second-order valence-electron chi connectivity index (χ2n) is 4.53. The third-order valence-corrected chi connectivity index (χ3v) is 3.60. The summed E-state index contributed by atoms with van der Waals surface area (Å²) in [7, 11) is 2.03. The first kappa shape index (κ1) is 13.2. The van der Waals surface area contributed by atoms with Crippen LogP contribution in [0.2, 0.25) is 5.02 Å². The Morgan fingerprint density at radius 2 is 2.11 bits per heavy atom. The molecule has 0 aromatic heterocycles. The van der Waals surface area contributed by atoms with Gasteiger partial charge in [0.05, 0.1) is 0 Å². The molecule has 0 aliphatic carbocycles. The quantitative estimate of drug-likeness (QED) is 0.652. The van der Waals surface area contributed by atoms with Crippen molar-refractivity contribution in [2.24, 2.45) is 5.73 Å². The Bertz CT molecular complexity index is 444. The van der Waals surface area contributed by atoms with Crippen LogP contribution in [0.4, 0.5) is 5.69 Å². The number of ether oxygens (including phenoxy) is 1. The van der Waals surface area contributed by atoms with Gasteiger partial charge in [-0.05, 0) is 31.0 Å². The van der Waals surface area contributed by atoms with Gasteiger partial charge in [0.1, 0.15) is 5.84 Å². The van der Waals surface area contributed by atoms with Gasteiger partial charge in [0.15, 0.2) is 0 Å². The highest BCUT2D eigenvalue weighted by Crippen LogP contribution is 2.27. The van der Waals surface area contributed by atoms with Crippen molar-refractivity contribution in [1.82, 2.24) is 0 Å². The zero-order valence-electron chi connectivity index (χ0n) is 10.4. The van der Waals surface area contributed by atoms with Crippen LogP contribution < -0.4 is 10.6 Å². The van der Waals surface area contributed by atoms with Crippen LogP contribution in [0.25, 0.3) is 0 Å². The number of rotatable bonds is 3. The van der Waals surface area contributed by atoms with Gasteiger partial charge in [0.2, 0.25) is 0 Å². The molecule has 0 saturated carbocycles. The van der Waals surface area contributed by atoms with Crippen molar-refractivity contribution in [3.05, 3.63) is 28.8 Å². The summed E-state index contributed by atoms with van der Waals surface area (Å²) >= 11 is 5.96. The molecule has 0 amide bonds. The van der Waals surface area contributed by atoms with Crippen LogP contribution in [-0.4, -0.2) is 32.1 Å². The Morgan fingerprint density at radius 3 is 2.72 bits per heavy atom. The van der Waals surface area contributed by atoms with E-state index in [0.29, 0.717) is 16.6 Å². The minimum Gasteiger partial charge on any atom is -0.384 e. The summed E-state index contributed by atoms with van der Waals surface area (Å²) in [6.07, 6.45) is 1.99. The summed E-state index contributed by atoms with van der Waals surface area (Å²) in [4.78, 5) is 2.18. The van der Waals surface area contributed by atoms with E-state index in [9.17, 15) is 0 Å². The topological polar surface area (TPSA) is 62.3 Å². The smallest absolute Gasteiger partial charge is 0.124 e. The molecule has 1 aliphatic heterocycles. The molecule has 0 bridgehead atoms. The van der Waals surface area contributed by atoms with E-state index in [4.69, 9.17) is 27.5 Å². The molecule has 0 unspecified atom stereocenters. The largest absolute Gasteiger partial charge is 0.384 e. The van der Waals surface area contributed by atoms with Gasteiger partial charge in [-0.1, -0.05) is 11.6 Å². The van der Waals surface area contributed by atoms with E-state index >= 15 is 0 Å². The van der Waals surface area contributed by atoms with E-state index in [2.05, 4.69) is 4.90 Å². The molecular weight excluding hydrogens is 250 g/mol. The molecule has 4 nitrogen and oxygen atoms in total. The first-order valence-corrected chi connectivity index (χ1v) is 6.42. The van der Waals surface area contributed by atoms with Crippen LogP contribution in [0.1, 0.15) is 18.4 Å². The Hall–Kier alpha value is -1.26. The number of anilines is 1. The fourth-order valence-corrected chi connectivity index (χ4v) is 2.47. The number of hydrogen-bond donors (Lipinski definition) is 2. The molecule has 98 valence electrons. The number of nitrogens with zero attached hydrogens (tertiary/aromatic N) is 1. The minimum atomic E-state index is 0.0476. The zero-order valence-corrected chi connectivity index (χ0v) is 11.2. The highest BCUT2D eigenvalue weighted by atomic mass is 35.5. The van der Waals surface area contributed by atoms with Gasteiger partial charge >= 0.3 is 0 Å². The highest BCUT2D eigenvalue weighted by Gasteiger charge is 2.21. The number of nitrogen functional groups attached to an aromatic ring is 1. The van der Waals surface area contributed by atoms with Crippen LogP contribution in [-0.2, 0) is 4.74 Å². The normalized spacial score (nSPS) is 16.6. The molecule has 1 aromatic rings. The number of amidine groups is 1. The molecule has 1 heterocycles. The number of benzene rings is 1. The van der Waals surface area contributed by atoms with Crippen molar-refractivity contribution in [2.75, 3.05) is 25.2 Å². The van der Waals surface area contributed by atoms with Crippen molar-refractivity contribution in [3.63, 3.8) is 0 Å². The van der Waals surface area contributed by atoms with E-state index in [1.165, 1.54) is 0 Å². The van der Waals surface area contributed by atoms with Crippen LogP contribution >= 0.6 is 11.6 Å². The Kier molecular flexibility index (Phi) is 4.09. The molecule has 1 fully saturated rings. The average molecular weight is 268 g/mol. The lowest BCUT2D eigenvalue weighted by atomic mass is 10.0. The van der Waals surface area contributed by atoms with Crippen molar-refractivity contribution in [3.8, 4) is 0 Å². The highest BCUT2D eigenvalue weighted by molar-refractivity contribution is 6.31. The van der Waals surface area contributed by atoms with Crippen LogP contribution in [0.5, 0.6) is 0 Å². The first-order chi connectivity index (χ1) is 8.59. The Morgan fingerprint density at radius 1 is 1.44 bits per heavy atom. The third kappa shape index (κ3) is 2.76. The fraction of sp³-hybridized carbons (Fsp3) is 0.462. The Labute approximate surface area is 112 Å². The van der Waals surface area contributed by atoms with Gasteiger partial charge in [0, 0.05) is 42.6 Å². The number of nitrogens with two attached hydrogens (primary N) is 1. The molecule has 0 atom stereocenters. The molecule has 1 aromatic carbocycles. The van der Waals surface area contributed by atoms with E-state index < -0.39 is 0 Å². The molecule has 18 heavy (non-hydrogen) atoms. The maximum absolute atomic E-state index is 7.65. The van der Waals surface area contributed by atoms with Gasteiger partial charge in [-0.15, -0.1) is 0 Å². The van der Waals surface area contributed by atoms with Gasteiger partial charge in [-0.3, -0.25) is 5.41 Å². The van der Waals surface area contributed by atoms with E-state index in [-0.39, 0.29) is 5.84 Å². The van der Waals surface area contributed by atoms with Crippen molar-refractivity contribution >= 4 is 23.1 Å². The van der Waals surface area contributed by atoms with E-state index in [1.807, 2.05) is 19.2 Å². The molecule has 3 N–H and O–H groups in total. The maximum atomic E-state index is 7.65. The molecule has 1 aliphatic rings. The summed E-state index contributed by atoms with van der Waals surface area (Å²) in [5.74, 6) is 0.0476. The molecule has 0 radical (unpaired) electrons. The maximum Gasteiger partial charge on any atom is 0.124 e. The molecule has 0 spiro atoms. The van der Waals surface area contributed by atoms with Crippen LogP contribution in [0.3, 0.4) is 0 Å². The van der Waals surface area contributed by atoms with Crippen molar-refractivity contribution in [2.45, 2.75) is 18.9 Å². The third-order valence-electron chi connectivity index (χ3n) is 3.37. The second-order valence-corrected chi connectivity index (χ2v) is 4.97. The fourth-order valence-electron chi connectivity index (χ4n) is 2.30. The zero-order chi connectivity index (χ0) is 13.1. The summed E-state index contributed by atoms with van der Waals surface area (Å²) in [5.41, 5.74) is 7.27. The summed E-state index contributed by atoms with van der Waals surface area (Å²) in [6.45, 7) is 1.58. The van der Waals surface area contributed by atoms with Crippen molar-refractivity contribution in [1.29, 1.82) is 5.41 Å². The SMILES string of the molecule is CN(c1ccc(Cl)cc1C(=N)N)C1CCOCC1.